The highest BCUT2D eigenvalue weighted by atomic mass is 16.5. The van der Waals surface area contributed by atoms with E-state index < -0.39 is 5.92 Å². The second-order valence-corrected chi connectivity index (χ2v) is 4.95. The van der Waals surface area contributed by atoms with Crippen LogP contribution in [0.4, 0.5) is 0 Å². The predicted octanol–water partition coefficient (Wildman–Crippen LogP) is 2.28. The molecule has 0 aromatic carbocycles. The highest BCUT2D eigenvalue weighted by Gasteiger charge is 2.39. The van der Waals surface area contributed by atoms with Crippen LogP contribution >= 0.6 is 0 Å². The zero-order chi connectivity index (χ0) is 13.8. The lowest BCUT2D eigenvalue weighted by Gasteiger charge is -2.32. The Balaban J connectivity index is 2.23. The topological polar surface area (TPSA) is 71.2 Å². The van der Waals surface area contributed by atoms with Gasteiger partial charge in [0.15, 0.2) is 0 Å². The van der Waals surface area contributed by atoms with E-state index >= 15 is 0 Å². The van der Waals surface area contributed by atoms with Gasteiger partial charge >= 0.3 is 12.0 Å². The average Bonchev–Trinajstić information content (AvgIpc) is 2.39. The highest BCUT2D eigenvalue weighted by Crippen LogP contribution is 2.31. The van der Waals surface area contributed by atoms with E-state index in [0.717, 1.165) is 19.3 Å². The van der Waals surface area contributed by atoms with Crippen LogP contribution in [0.3, 0.4) is 0 Å². The van der Waals surface area contributed by atoms with Crippen molar-refractivity contribution in [2.75, 3.05) is 6.61 Å². The maximum atomic E-state index is 12.1. The van der Waals surface area contributed by atoms with Gasteiger partial charge in [0.1, 0.15) is 5.92 Å². The highest BCUT2D eigenvalue weighted by molar-refractivity contribution is 6.07. The van der Waals surface area contributed by atoms with Crippen LogP contribution in [0.15, 0.2) is 22.1 Å². The fraction of sp³-hybridized carbons (Fsp3) is 0.643. The largest absolute Gasteiger partial charge is 0.479 e. The van der Waals surface area contributed by atoms with Gasteiger partial charge in [-0.15, -0.1) is 0 Å². The van der Waals surface area contributed by atoms with Crippen molar-refractivity contribution < 1.29 is 14.6 Å². The molecule has 2 rings (SSSR count). The van der Waals surface area contributed by atoms with Crippen molar-refractivity contribution in [2.45, 2.75) is 39.2 Å². The third kappa shape index (κ3) is 3.03. The van der Waals surface area contributed by atoms with Gasteiger partial charge < -0.3 is 9.84 Å². The predicted molar refractivity (Wildman–Crippen MR) is 73.6 cm³/mol. The van der Waals surface area contributed by atoms with Crippen LogP contribution < -0.4 is 0 Å². The lowest BCUT2D eigenvalue weighted by Crippen LogP contribution is -2.42. The number of aliphatic hydroxyl groups excluding tert-OH is 1. The molecule has 0 bridgehead atoms. The molecule has 0 unspecified atom stereocenters. The molecule has 1 N–H and O–H groups in total. The van der Waals surface area contributed by atoms with Gasteiger partial charge in [0.2, 0.25) is 0 Å². The number of carbonyl (C=O) groups is 1. The number of hydrogen-bond acceptors (Lipinski definition) is 4. The summed E-state index contributed by atoms with van der Waals surface area (Å²) in [5.74, 6) is -0.501. The second-order valence-electron chi connectivity index (χ2n) is 4.95. The van der Waals surface area contributed by atoms with Gasteiger partial charge in [-0.3, -0.25) is 4.79 Å². The van der Waals surface area contributed by atoms with Crippen LogP contribution in [0.1, 0.15) is 33.1 Å². The molecule has 0 aromatic heterocycles. The van der Waals surface area contributed by atoms with E-state index in [2.05, 4.69) is 22.1 Å². The van der Waals surface area contributed by atoms with Gasteiger partial charge in [-0.1, -0.05) is 12.2 Å². The summed E-state index contributed by atoms with van der Waals surface area (Å²) < 4.78 is 5.12. The number of carbonyl (C=O) groups excluding carboxylic acids is 1. The van der Waals surface area contributed by atoms with Crippen LogP contribution in [-0.2, 0) is 9.53 Å². The molecular weight excluding hydrogens is 244 g/mol. The molecule has 3 atom stereocenters. The quantitative estimate of drug-likeness (QED) is 0.628. The number of amidine groups is 1. The Labute approximate surface area is 113 Å². The van der Waals surface area contributed by atoms with Crippen LogP contribution in [0.2, 0.25) is 0 Å². The standard InChI is InChI=1S/C14H20N2O3/c1-3-19-13(17)11-9(2)15-14(18)16-12(11)10-7-5-4-6-8-10/h4-5,10-12H,3,6-8H2,1-2H3,(H,16,18)/t10-,11+,12+/m1/s1. The van der Waals surface area contributed by atoms with Crippen molar-refractivity contribution >= 4 is 17.7 Å². The molecule has 0 fully saturated rings. The molecule has 0 saturated heterocycles. The van der Waals surface area contributed by atoms with Gasteiger partial charge in [-0.2, -0.15) is 0 Å². The molecule has 19 heavy (non-hydrogen) atoms. The number of hydrogen-bond donors (Lipinski definition) is 1. The Bertz CT molecular complexity index is 440. The molecular formula is C14H20N2O3. The van der Waals surface area contributed by atoms with Gasteiger partial charge in [0.05, 0.1) is 12.6 Å². The van der Waals surface area contributed by atoms with E-state index in [1.54, 1.807) is 13.8 Å². The first kappa shape index (κ1) is 13.8. The Morgan fingerprint density at radius 3 is 2.95 bits per heavy atom. The summed E-state index contributed by atoms with van der Waals surface area (Å²) in [6.07, 6.45) is 7.10. The minimum atomic E-state index is -0.465. The maximum Gasteiger partial charge on any atom is 0.316 e. The molecule has 0 radical (unpaired) electrons. The van der Waals surface area contributed by atoms with E-state index in [4.69, 9.17) is 4.74 Å². The summed E-state index contributed by atoms with van der Waals surface area (Å²) >= 11 is 0. The monoisotopic (exact) mass is 264 g/mol. The first-order chi connectivity index (χ1) is 9.13. The Morgan fingerprint density at radius 2 is 2.32 bits per heavy atom. The minimum Gasteiger partial charge on any atom is -0.479 e. The second kappa shape index (κ2) is 5.99. The molecule has 104 valence electrons. The lowest BCUT2D eigenvalue weighted by molar-refractivity contribution is -0.146. The van der Waals surface area contributed by atoms with E-state index in [9.17, 15) is 9.90 Å². The third-order valence-electron chi connectivity index (χ3n) is 3.67. The Kier molecular flexibility index (Phi) is 4.35. The number of esters is 1. The fourth-order valence-electron chi connectivity index (χ4n) is 2.76. The first-order valence-electron chi connectivity index (χ1n) is 6.77. The van der Waals surface area contributed by atoms with Crippen LogP contribution in [0.25, 0.3) is 0 Å². The number of allylic oxidation sites excluding steroid dienone is 2. The smallest absolute Gasteiger partial charge is 0.316 e. The van der Waals surface area contributed by atoms with Crippen molar-refractivity contribution in [3.05, 3.63) is 12.2 Å². The average molecular weight is 264 g/mol. The molecule has 0 amide bonds. The molecule has 5 heteroatoms. The first-order valence-corrected chi connectivity index (χ1v) is 6.77. The summed E-state index contributed by atoms with van der Waals surface area (Å²) in [4.78, 5) is 20.2. The normalized spacial score (nSPS) is 30.5. The molecule has 5 nitrogen and oxygen atoms in total. The lowest BCUT2D eigenvalue weighted by atomic mass is 9.79. The van der Waals surface area contributed by atoms with Gasteiger partial charge in [0, 0.05) is 5.71 Å². The molecule has 2 aliphatic rings. The molecule has 0 aromatic rings. The number of aliphatic imine (C=N–C) groups is 2. The zero-order valence-corrected chi connectivity index (χ0v) is 11.4. The summed E-state index contributed by atoms with van der Waals surface area (Å²) in [6, 6.07) is -0.487. The molecule has 1 heterocycles. The molecule has 1 aliphatic carbocycles. The van der Waals surface area contributed by atoms with Gasteiger partial charge in [-0.05, 0) is 39.0 Å². The summed E-state index contributed by atoms with van der Waals surface area (Å²) in [7, 11) is 0. The van der Waals surface area contributed by atoms with E-state index in [1.165, 1.54) is 0 Å². The van der Waals surface area contributed by atoms with E-state index in [0.29, 0.717) is 12.3 Å². The summed E-state index contributed by atoms with van der Waals surface area (Å²) in [6.45, 7) is 3.88. The van der Waals surface area contributed by atoms with Crippen LogP contribution in [0, 0.1) is 11.8 Å². The van der Waals surface area contributed by atoms with Crippen molar-refractivity contribution in [3.63, 3.8) is 0 Å². The minimum absolute atomic E-state index is 0.224. The van der Waals surface area contributed by atoms with Crippen LogP contribution in [0.5, 0.6) is 0 Å². The van der Waals surface area contributed by atoms with Crippen molar-refractivity contribution in [1.29, 1.82) is 0 Å². The number of rotatable bonds is 3. The summed E-state index contributed by atoms with van der Waals surface area (Å²) in [5.41, 5.74) is 0.588. The Hall–Kier alpha value is -1.65. The Morgan fingerprint density at radius 1 is 1.53 bits per heavy atom. The number of ether oxygens (including phenoxy) is 1. The van der Waals surface area contributed by atoms with Crippen molar-refractivity contribution in [1.82, 2.24) is 0 Å². The molecule has 0 spiro atoms. The summed E-state index contributed by atoms with van der Waals surface area (Å²) in [5, 5.41) is 9.60. The number of nitrogens with zero attached hydrogens (tertiary/aromatic N) is 2. The van der Waals surface area contributed by atoms with Gasteiger partial charge in [0.25, 0.3) is 0 Å². The van der Waals surface area contributed by atoms with Crippen molar-refractivity contribution in [3.8, 4) is 0 Å². The van der Waals surface area contributed by atoms with E-state index in [1.807, 2.05) is 0 Å². The molecule has 1 aliphatic heterocycles. The van der Waals surface area contributed by atoms with E-state index in [-0.39, 0.29) is 24.0 Å². The fourth-order valence-corrected chi connectivity index (χ4v) is 2.76. The third-order valence-corrected chi connectivity index (χ3v) is 3.67. The van der Waals surface area contributed by atoms with Gasteiger partial charge in [-0.25, -0.2) is 9.98 Å². The molecule has 0 saturated carbocycles. The zero-order valence-electron chi connectivity index (χ0n) is 11.4. The van der Waals surface area contributed by atoms with Crippen molar-refractivity contribution in [2.24, 2.45) is 21.8 Å². The maximum absolute atomic E-state index is 12.1. The number of aliphatic hydroxyl groups is 1. The SMILES string of the molecule is CCOC(=O)[C@H]1C(C)=NC(O)=N[C@H]1[C@@H]1CC=CCC1. The van der Waals surface area contributed by atoms with Crippen LogP contribution in [-0.4, -0.2) is 35.5 Å².